The van der Waals surface area contributed by atoms with E-state index in [4.69, 9.17) is 0 Å². The highest BCUT2D eigenvalue weighted by molar-refractivity contribution is 5.68. The zero-order valence-electron chi connectivity index (χ0n) is 19.1. The van der Waals surface area contributed by atoms with Gasteiger partial charge in [0.15, 0.2) is 23.3 Å². The fourth-order valence-corrected chi connectivity index (χ4v) is 3.86. The van der Waals surface area contributed by atoms with E-state index in [1.807, 2.05) is 36.4 Å². The Kier molecular flexibility index (Phi) is 7.45. The van der Waals surface area contributed by atoms with Crippen LogP contribution in [0.4, 0.5) is 22.0 Å². The Bertz CT molecular complexity index is 1310. The monoisotopic (exact) mass is 478 g/mol. The van der Waals surface area contributed by atoms with Gasteiger partial charge >= 0.3 is 0 Å². The average Bonchev–Trinajstić information content (AvgIpc) is 2.90. The van der Waals surface area contributed by atoms with Crippen LogP contribution in [0.1, 0.15) is 30.0 Å². The van der Waals surface area contributed by atoms with Gasteiger partial charge in [-0.3, -0.25) is 0 Å². The minimum Gasteiger partial charge on any atom is -0.209 e. The van der Waals surface area contributed by atoms with E-state index in [0.29, 0.717) is 5.56 Å². The molecule has 0 saturated heterocycles. The molecule has 4 rings (SSSR count). The lowest BCUT2D eigenvalue weighted by Crippen LogP contribution is -1.93. The van der Waals surface area contributed by atoms with Crippen LogP contribution in [0.15, 0.2) is 90.8 Å². The summed E-state index contributed by atoms with van der Waals surface area (Å²) in [5.74, 6) is -5.47. The Balaban J connectivity index is 1.39. The molecule has 0 amide bonds. The van der Waals surface area contributed by atoms with Crippen molar-refractivity contribution in [1.82, 2.24) is 0 Å². The number of hydrogen-bond donors (Lipinski definition) is 0. The quantitative estimate of drug-likeness (QED) is 0.183. The summed E-state index contributed by atoms with van der Waals surface area (Å²) in [5.41, 5.74) is 5.20. The number of benzene rings is 4. The summed E-state index contributed by atoms with van der Waals surface area (Å²) >= 11 is 0. The normalized spacial score (nSPS) is 11.9. The van der Waals surface area contributed by atoms with Crippen molar-refractivity contribution in [2.24, 2.45) is 0 Å². The van der Waals surface area contributed by atoms with E-state index in [1.54, 1.807) is 43.3 Å². The topological polar surface area (TPSA) is 0 Å². The van der Waals surface area contributed by atoms with Crippen LogP contribution in [-0.2, 0) is 12.8 Å². The Morgan fingerprint density at radius 1 is 0.571 bits per heavy atom. The van der Waals surface area contributed by atoms with Crippen LogP contribution < -0.4 is 0 Å². The molecule has 5 heteroatoms. The SMILES string of the molecule is CC/C(F)=C(\F)c1ccc(-c2ccc(CCc3ccc(-c4cc(F)c(F)c(F)c4)cc3)cc2)cc1. The molecule has 0 aromatic heterocycles. The van der Waals surface area contributed by atoms with Gasteiger partial charge in [0, 0.05) is 5.56 Å². The van der Waals surface area contributed by atoms with Gasteiger partial charge in [0.25, 0.3) is 0 Å². The predicted molar refractivity (Wildman–Crippen MR) is 130 cm³/mol. The Morgan fingerprint density at radius 3 is 1.40 bits per heavy atom. The second-order valence-electron chi connectivity index (χ2n) is 8.30. The molecule has 0 fully saturated rings. The highest BCUT2D eigenvalue weighted by Gasteiger charge is 2.12. The molecule has 0 bridgehead atoms. The van der Waals surface area contributed by atoms with Crippen molar-refractivity contribution < 1.29 is 22.0 Å². The maximum atomic E-state index is 14.0. The highest BCUT2D eigenvalue weighted by atomic mass is 19.2. The largest absolute Gasteiger partial charge is 0.209 e. The van der Waals surface area contributed by atoms with Crippen LogP contribution in [0.5, 0.6) is 0 Å². The summed E-state index contributed by atoms with van der Waals surface area (Å²) < 4.78 is 67.6. The first kappa shape index (κ1) is 24.4. The van der Waals surface area contributed by atoms with E-state index in [0.717, 1.165) is 47.2 Å². The molecule has 0 atom stereocenters. The molecule has 0 nitrogen and oxygen atoms in total. The summed E-state index contributed by atoms with van der Waals surface area (Å²) in [7, 11) is 0. The van der Waals surface area contributed by atoms with Gasteiger partial charge in [-0.15, -0.1) is 0 Å². The number of halogens is 5. The molecule has 0 heterocycles. The van der Waals surface area contributed by atoms with Crippen molar-refractivity contribution in [3.8, 4) is 22.3 Å². The smallest absolute Gasteiger partial charge is 0.194 e. The molecule has 35 heavy (non-hydrogen) atoms. The zero-order chi connectivity index (χ0) is 24.9. The molecule has 0 aliphatic rings. The molecule has 0 aliphatic heterocycles. The summed E-state index contributed by atoms with van der Waals surface area (Å²) in [6, 6.07) is 24.0. The summed E-state index contributed by atoms with van der Waals surface area (Å²) in [5, 5.41) is 0. The van der Waals surface area contributed by atoms with Gasteiger partial charge in [0.1, 0.15) is 5.83 Å². The van der Waals surface area contributed by atoms with Gasteiger partial charge in [-0.05, 0) is 64.8 Å². The third-order valence-electron chi connectivity index (χ3n) is 5.95. The second kappa shape index (κ2) is 10.7. The molecule has 0 saturated carbocycles. The van der Waals surface area contributed by atoms with E-state index in [1.165, 1.54) is 0 Å². The minimum atomic E-state index is -1.47. The number of hydrogen-bond acceptors (Lipinski definition) is 0. The highest BCUT2D eigenvalue weighted by Crippen LogP contribution is 2.27. The number of allylic oxidation sites excluding steroid dienone is 1. The maximum Gasteiger partial charge on any atom is 0.194 e. The molecule has 178 valence electrons. The van der Waals surface area contributed by atoms with Crippen molar-refractivity contribution in [3.05, 3.63) is 125 Å². The van der Waals surface area contributed by atoms with Crippen LogP contribution in [0.3, 0.4) is 0 Å². The lowest BCUT2D eigenvalue weighted by molar-refractivity contribution is 0.448. The predicted octanol–water partition coefficient (Wildman–Crippen LogP) is 9.24. The van der Waals surface area contributed by atoms with Gasteiger partial charge in [0.05, 0.1) is 0 Å². The van der Waals surface area contributed by atoms with Crippen LogP contribution in [0.25, 0.3) is 28.1 Å². The van der Waals surface area contributed by atoms with Crippen molar-refractivity contribution in [1.29, 1.82) is 0 Å². The van der Waals surface area contributed by atoms with E-state index < -0.39 is 29.1 Å². The summed E-state index contributed by atoms with van der Waals surface area (Å²) in [6.45, 7) is 1.57. The summed E-state index contributed by atoms with van der Waals surface area (Å²) in [6.07, 6.45) is 1.59. The maximum absolute atomic E-state index is 14.0. The minimum absolute atomic E-state index is 0.0212. The van der Waals surface area contributed by atoms with Crippen LogP contribution >= 0.6 is 0 Å². The molecular formula is C30H23F5. The van der Waals surface area contributed by atoms with Crippen LogP contribution in [0.2, 0.25) is 0 Å². The van der Waals surface area contributed by atoms with Crippen LogP contribution in [-0.4, -0.2) is 0 Å². The van der Waals surface area contributed by atoms with Crippen molar-refractivity contribution in [3.63, 3.8) is 0 Å². The van der Waals surface area contributed by atoms with E-state index in [-0.39, 0.29) is 17.5 Å². The first-order valence-corrected chi connectivity index (χ1v) is 11.3. The molecule has 0 aliphatic carbocycles. The van der Waals surface area contributed by atoms with Crippen molar-refractivity contribution in [2.45, 2.75) is 26.2 Å². The van der Waals surface area contributed by atoms with Gasteiger partial charge < -0.3 is 0 Å². The van der Waals surface area contributed by atoms with E-state index in [9.17, 15) is 22.0 Å². The molecular weight excluding hydrogens is 455 g/mol. The van der Waals surface area contributed by atoms with Crippen molar-refractivity contribution >= 4 is 5.83 Å². The number of rotatable bonds is 7. The number of aryl methyl sites for hydroxylation is 2. The van der Waals surface area contributed by atoms with E-state index >= 15 is 0 Å². The standard InChI is InChI=1S/C30H23F5/c1-2-26(31)29(34)24-15-13-22(14-16-24)21-9-5-19(6-10-21)3-4-20-7-11-23(12-8-20)25-17-27(32)30(35)28(33)18-25/h5-18H,2-4H2,1H3/b29-26+. The molecule has 4 aromatic carbocycles. The Hall–Kier alpha value is -3.73. The fraction of sp³-hybridized carbons (Fsp3) is 0.133. The lowest BCUT2D eigenvalue weighted by atomic mass is 9.98. The lowest BCUT2D eigenvalue weighted by Gasteiger charge is -2.08. The second-order valence-corrected chi connectivity index (χ2v) is 8.30. The van der Waals surface area contributed by atoms with Gasteiger partial charge in [-0.25, -0.2) is 22.0 Å². The zero-order valence-corrected chi connectivity index (χ0v) is 19.1. The molecule has 4 aromatic rings. The Labute approximate surface area is 201 Å². The molecule has 0 radical (unpaired) electrons. The van der Waals surface area contributed by atoms with Gasteiger partial charge in [-0.1, -0.05) is 79.7 Å². The van der Waals surface area contributed by atoms with Crippen LogP contribution in [0, 0.1) is 17.5 Å². The molecule has 0 spiro atoms. The molecule has 0 unspecified atom stereocenters. The first-order chi connectivity index (χ1) is 16.9. The van der Waals surface area contributed by atoms with E-state index in [2.05, 4.69) is 0 Å². The first-order valence-electron chi connectivity index (χ1n) is 11.3. The third kappa shape index (κ3) is 5.68. The van der Waals surface area contributed by atoms with Gasteiger partial charge in [-0.2, -0.15) is 0 Å². The molecule has 0 N–H and O–H groups in total. The summed E-state index contributed by atoms with van der Waals surface area (Å²) in [4.78, 5) is 0. The average molecular weight is 479 g/mol. The van der Waals surface area contributed by atoms with Crippen molar-refractivity contribution in [2.75, 3.05) is 0 Å². The Morgan fingerprint density at radius 2 is 0.971 bits per heavy atom. The third-order valence-corrected chi connectivity index (χ3v) is 5.95. The van der Waals surface area contributed by atoms with Gasteiger partial charge in [0.2, 0.25) is 0 Å². The fourth-order valence-electron chi connectivity index (χ4n) is 3.86.